The van der Waals surface area contributed by atoms with Crippen LogP contribution in [0.2, 0.25) is 0 Å². The van der Waals surface area contributed by atoms with Gasteiger partial charge >= 0.3 is 0 Å². The molecule has 0 spiro atoms. The molecule has 2 rings (SSSR count). The zero-order valence-electron chi connectivity index (χ0n) is 15.4. The number of sulfonamides is 1. The molecule has 26 heavy (non-hydrogen) atoms. The lowest BCUT2D eigenvalue weighted by atomic mass is 9.99. The molecule has 1 aromatic carbocycles. The Kier molecular flexibility index (Phi) is 6.99. The number of benzene rings is 1. The van der Waals surface area contributed by atoms with Crippen LogP contribution in [-0.2, 0) is 19.6 Å². The highest BCUT2D eigenvalue weighted by Gasteiger charge is 2.30. The van der Waals surface area contributed by atoms with Crippen molar-refractivity contribution in [2.24, 2.45) is 11.7 Å². The van der Waals surface area contributed by atoms with Crippen LogP contribution in [0.5, 0.6) is 5.75 Å². The van der Waals surface area contributed by atoms with E-state index in [9.17, 15) is 13.2 Å². The Morgan fingerprint density at radius 2 is 2.04 bits per heavy atom. The average Bonchev–Trinajstić information content (AvgIpc) is 2.67. The standard InChI is InChI=1S/C17H27N3O5S/c1-4-12(2)16(18)17(21)19-13-5-6-14(24-3)15(11-13)26(22,23)20-7-9-25-10-8-20/h5-6,11-12,16H,4,7-10,18H2,1-3H3,(H,19,21). The SMILES string of the molecule is CCC(C)C(N)C(=O)Nc1ccc(OC)c(S(=O)(=O)N2CCOCC2)c1. The number of morpholine rings is 1. The van der Waals surface area contributed by atoms with Gasteiger partial charge in [0.05, 0.1) is 26.4 Å². The van der Waals surface area contributed by atoms with E-state index in [0.717, 1.165) is 6.42 Å². The lowest BCUT2D eigenvalue weighted by molar-refractivity contribution is -0.118. The van der Waals surface area contributed by atoms with Gasteiger partial charge in [-0.2, -0.15) is 4.31 Å². The van der Waals surface area contributed by atoms with Crippen LogP contribution in [0, 0.1) is 5.92 Å². The van der Waals surface area contributed by atoms with Gasteiger partial charge < -0.3 is 20.5 Å². The van der Waals surface area contributed by atoms with Crippen LogP contribution in [-0.4, -0.2) is 58.1 Å². The number of nitrogens with two attached hydrogens (primary N) is 1. The summed E-state index contributed by atoms with van der Waals surface area (Å²) in [6, 6.07) is 3.86. The molecule has 1 aromatic rings. The zero-order chi connectivity index (χ0) is 19.3. The minimum Gasteiger partial charge on any atom is -0.495 e. The predicted octanol–water partition coefficient (Wildman–Crippen LogP) is 1.03. The van der Waals surface area contributed by atoms with E-state index in [0.29, 0.717) is 18.9 Å². The number of nitrogens with one attached hydrogen (secondary N) is 1. The third-order valence-electron chi connectivity index (χ3n) is 4.58. The first kappa shape index (κ1) is 20.6. The van der Waals surface area contributed by atoms with Gasteiger partial charge in [-0.3, -0.25) is 4.79 Å². The van der Waals surface area contributed by atoms with Gasteiger partial charge in [0.25, 0.3) is 0 Å². The van der Waals surface area contributed by atoms with E-state index in [2.05, 4.69) is 5.32 Å². The fraction of sp³-hybridized carbons (Fsp3) is 0.588. The third-order valence-corrected chi connectivity index (χ3v) is 6.50. The Labute approximate surface area is 154 Å². The second-order valence-corrected chi connectivity index (χ2v) is 8.19. The monoisotopic (exact) mass is 385 g/mol. The van der Waals surface area contributed by atoms with E-state index >= 15 is 0 Å². The Balaban J connectivity index is 2.29. The number of amides is 1. The molecule has 8 nitrogen and oxygen atoms in total. The summed E-state index contributed by atoms with van der Waals surface area (Å²) >= 11 is 0. The molecule has 3 N–H and O–H groups in total. The lowest BCUT2D eigenvalue weighted by Crippen LogP contribution is -2.41. The highest BCUT2D eigenvalue weighted by Crippen LogP contribution is 2.30. The van der Waals surface area contributed by atoms with E-state index in [1.54, 1.807) is 6.07 Å². The minimum absolute atomic E-state index is 0.0109. The van der Waals surface area contributed by atoms with Crippen LogP contribution in [0.1, 0.15) is 20.3 Å². The zero-order valence-corrected chi connectivity index (χ0v) is 16.2. The topological polar surface area (TPSA) is 111 Å². The number of hydrogen-bond donors (Lipinski definition) is 2. The van der Waals surface area contributed by atoms with Crippen molar-refractivity contribution < 1.29 is 22.7 Å². The molecule has 146 valence electrons. The van der Waals surface area contributed by atoms with Gasteiger partial charge in [0.2, 0.25) is 15.9 Å². The smallest absolute Gasteiger partial charge is 0.246 e. The lowest BCUT2D eigenvalue weighted by Gasteiger charge is -2.27. The number of nitrogens with zero attached hydrogens (tertiary/aromatic N) is 1. The summed E-state index contributed by atoms with van der Waals surface area (Å²) in [5, 5.41) is 2.70. The summed E-state index contributed by atoms with van der Waals surface area (Å²) in [6.45, 7) is 5.11. The number of hydrogen-bond acceptors (Lipinski definition) is 6. The number of rotatable bonds is 7. The summed E-state index contributed by atoms with van der Waals surface area (Å²) in [6.07, 6.45) is 0.772. The van der Waals surface area contributed by atoms with Crippen LogP contribution >= 0.6 is 0 Å². The fourth-order valence-electron chi connectivity index (χ4n) is 2.62. The average molecular weight is 385 g/mol. The number of carbonyl (C=O) groups is 1. The van der Waals surface area contributed by atoms with E-state index in [1.807, 2.05) is 13.8 Å². The highest BCUT2D eigenvalue weighted by molar-refractivity contribution is 7.89. The molecule has 0 aromatic heterocycles. The maximum absolute atomic E-state index is 12.9. The van der Waals surface area contributed by atoms with Crippen LogP contribution in [0.25, 0.3) is 0 Å². The Morgan fingerprint density at radius 1 is 1.38 bits per heavy atom. The van der Waals surface area contributed by atoms with Crippen molar-refractivity contribution in [3.05, 3.63) is 18.2 Å². The molecule has 1 saturated heterocycles. The van der Waals surface area contributed by atoms with Crippen molar-refractivity contribution >= 4 is 21.6 Å². The first-order valence-electron chi connectivity index (χ1n) is 8.63. The van der Waals surface area contributed by atoms with E-state index in [-0.39, 0.29) is 35.6 Å². The largest absolute Gasteiger partial charge is 0.495 e. The van der Waals surface area contributed by atoms with Gasteiger partial charge in [-0.25, -0.2) is 8.42 Å². The molecule has 0 aliphatic carbocycles. The number of anilines is 1. The second-order valence-electron chi connectivity index (χ2n) is 6.28. The summed E-state index contributed by atoms with van der Waals surface area (Å²) in [7, 11) is -2.35. The summed E-state index contributed by atoms with van der Waals surface area (Å²) in [5.41, 5.74) is 6.30. The molecule has 0 radical (unpaired) electrons. The summed E-state index contributed by atoms with van der Waals surface area (Å²) < 4.78 is 37.7. The highest BCUT2D eigenvalue weighted by atomic mass is 32.2. The maximum Gasteiger partial charge on any atom is 0.246 e. The van der Waals surface area contributed by atoms with E-state index in [4.69, 9.17) is 15.2 Å². The van der Waals surface area contributed by atoms with Crippen molar-refractivity contribution in [3.63, 3.8) is 0 Å². The minimum atomic E-state index is -3.76. The van der Waals surface area contributed by atoms with E-state index < -0.39 is 16.1 Å². The van der Waals surface area contributed by atoms with Crippen molar-refractivity contribution in [3.8, 4) is 5.75 Å². The molecule has 1 heterocycles. The van der Waals surface area contributed by atoms with Gasteiger partial charge in [0.1, 0.15) is 10.6 Å². The molecule has 2 atom stereocenters. The molecule has 1 fully saturated rings. The van der Waals surface area contributed by atoms with Crippen LogP contribution in [0.15, 0.2) is 23.1 Å². The van der Waals surface area contributed by atoms with Crippen LogP contribution in [0.4, 0.5) is 5.69 Å². The molecular weight excluding hydrogens is 358 g/mol. The normalized spacial score (nSPS) is 18.2. The first-order chi connectivity index (χ1) is 12.3. The van der Waals surface area contributed by atoms with Crippen molar-refractivity contribution in [2.75, 3.05) is 38.7 Å². The van der Waals surface area contributed by atoms with Gasteiger partial charge in [-0.05, 0) is 24.1 Å². The number of methoxy groups -OCH3 is 1. The van der Waals surface area contributed by atoms with Gasteiger partial charge in [0.15, 0.2) is 0 Å². The Morgan fingerprint density at radius 3 is 2.62 bits per heavy atom. The fourth-order valence-corrected chi connectivity index (χ4v) is 4.21. The molecule has 0 bridgehead atoms. The molecule has 1 aliphatic rings. The molecule has 1 amide bonds. The molecule has 2 unspecified atom stereocenters. The Bertz CT molecular complexity index is 732. The van der Waals surface area contributed by atoms with Gasteiger partial charge in [-0.1, -0.05) is 20.3 Å². The maximum atomic E-state index is 12.9. The summed E-state index contributed by atoms with van der Waals surface area (Å²) in [4.78, 5) is 12.3. The van der Waals surface area contributed by atoms with Gasteiger partial charge in [-0.15, -0.1) is 0 Å². The first-order valence-corrected chi connectivity index (χ1v) is 10.1. The Hall–Kier alpha value is -1.68. The predicted molar refractivity (Wildman–Crippen MR) is 98.6 cm³/mol. The van der Waals surface area contributed by atoms with Crippen LogP contribution in [0.3, 0.4) is 0 Å². The van der Waals surface area contributed by atoms with Crippen molar-refractivity contribution in [1.29, 1.82) is 0 Å². The van der Waals surface area contributed by atoms with Crippen LogP contribution < -0.4 is 15.8 Å². The van der Waals surface area contributed by atoms with E-state index in [1.165, 1.54) is 23.5 Å². The summed E-state index contributed by atoms with van der Waals surface area (Å²) in [5.74, 6) is -0.107. The molecule has 1 aliphatic heterocycles. The van der Waals surface area contributed by atoms with Crippen molar-refractivity contribution in [2.45, 2.75) is 31.2 Å². The van der Waals surface area contributed by atoms with Gasteiger partial charge in [0, 0.05) is 18.8 Å². The number of ether oxygens (including phenoxy) is 2. The van der Waals surface area contributed by atoms with Crippen molar-refractivity contribution in [1.82, 2.24) is 4.31 Å². The quantitative estimate of drug-likeness (QED) is 0.725. The molecule has 9 heteroatoms. The molecule has 0 saturated carbocycles. The third kappa shape index (κ3) is 4.53. The molecular formula is C17H27N3O5S. The number of carbonyl (C=O) groups excluding carboxylic acids is 1. The second kappa shape index (κ2) is 8.81.